The average Bonchev–Trinajstić information content (AvgIpc) is 2.46. The Labute approximate surface area is 138 Å². The van der Waals surface area contributed by atoms with Crippen molar-refractivity contribution in [1.82, 2.24) is 5.32 Å². The molecule has 0 spiro atoms. The Kier molecular flexibility index (Phi) is 5.51. The molecule has 0 fully saturated rings. The second kappa shape index (κ2) is 7.16. The molecule has 21 heavy (non-hydrogen) atoms. The summed E-state index contributed by atoms with van der Waals surface area (Å²) in [4.78, 5) is 0. The zero-order valence-electron chi connectivity index (χ0n) is 11.9. The molecule has 1 unspecified atom stereocenters. The van der Waals surface area contributed by atoms with E-state index in [0.29, 0.717) is 17.1 Å². The van der Waals surface area contributed by atoms with Crippen molar-refractivity contribution in [3.05, 3.63) is 57.0 Å². The molecule has 2 N–H and O–H groups in total. The van der Waals surface area contributed by atoms with E-state index in [9.17, 15) is 5.11 Å². The predicted molar refractivity (Wildman–Crippen MR) is 89.1 cm³/mol. The lowest BCUT2D eigenvalue weighted by Gasteiger charge is -2.16. The summed E-state index contributed by atoms with van der Waals surface area (Å²) in [5.74, 6) is 1.01. The maximum absolute atomic E-state index is 9.84. The summed E-state index contributed by atoms with van der Waals surface area (Å²) < 4.78 is 6.14. The van der Waals surface area contributed by atoms with Crippen LogP contribution >= 0.6 is 27.5 Å². The van der Waals surface area contributed by atoms with Gasteiger partial charge in [0, 0.05) is 23.2 Å². The molecule has 5 heteroatoms. The van der Waals surface area contributed by atoms with Crippen molar-refractivity contribution >= 4 is 27.5 Å². The lowest BCUT2D eigenvalue weighted by atomic mass is 10.1. The molecular weight excluding hydrogens is 354 g/mol. The van der Waals surface area contributed by atoms with E-state index in [4.69, 9.17) is 16.3 Å². The van der Waals surface area contributed by atoms with Crippen LogP contribution in [0.1, 0.15) is 24.1 Å². The van der Waals surface area contributed by atoms with Crippen LogP contribution in [0.5, 0.6) is 11.5 Å². The largest absolute Gasteiger partial charge is 0.508 e. The van der Waals surface area contributed by atoms with Crippen molar-refractivity contribution < 1.29 is 9.84 Å². The molecular formula is C16H17BrClNO2. The van der Waals surface area contributed by atoms with E-state index in [1.807, 2.05) is 18.2 Å². The Hall–Kier alpha value is -1.23. The van der Waals surface area contributed by atoms with Crippen molar-refractivity contribution in [2.24, 2.45) is 0 Å². The smallest absolute Gasteiger partial charge is 0.133 e. The number of phenols is 1. The molecule has 0 radical (unpaired) electrons. The summed E-state index contributed by atoms with van der Waals surface area (Å²) in [7, 11) is 1.64. The van der Waals surface area contributed by atoms with Gasteiger partial charge >= 0.3 is 0 Å². The first-order chi connectivity index (χ1) is 10.0. The molecule has 1 atom stereocenters. The van der Waals surface area contributed by atoms with E-state index in [2.05, 4.69) is 28.2 Å². The standard InChI is InChI=1S/C16H17BrClNO2/c1-10(11-6-7-16(21-2)13(17)8-11)19-9-12-14(18)4-3-5-15(12)20/h3-8,10,19-20H,9H2,1-2H3. The third-order valence-corrected chi connectivity index (χ3v) is 4.33. The van der Waals surface area contributed by atoms with Gasteiger partial charge < -0.3 is 15.2 Å². The second-order valence-corrected chi connectivity index (χ2v) is 6.00. The van der Waals surface area contributed by atoms with Crippen molar-refractivity contribution in [3.63, 3.8) is 0 Å². The SMILES string of the molecule is COc1ccc(C(C)NCc2c(O)cccc2Cl)cc1Br. The van der Waals surface area contributed by atoms with Gasteiger partial charge in [-0.2, -0.15) is 0 Å². The summed E-state index contributed by atoms with van der Waals surface area (Å²) in [6, 6.07) is 11.2. The molecule has 3 nitrogen and oxygen atoms in total. The van der Waals surface area contributed by atoms with Gasteiger partial charge in [-0.25, -0.2) is 0 Å². The zero-order chi connectivity index (χ0) is 15.4. The predicted octanol–water partition coefficient (Wildman–Crippen LogP) is 4.67. The number of aromatic hydroxyl groups is 1. The number of hydrogen-bond acceptors (Lipinski definition) is 3. The molecule has 2 aromatic carbocycles. The topological polar surface area (TPSA) is 41.5 Å². The van der Waals surface area contributed by atoms with E-state index in [0.717, 1.165) is 15.8 Å². The average molecular weight is 371 g/mol. The molecule has 0 heterocycles. The van der Waals surface area contributed by atoms with Crippen molar-refractivity contribution in [2.75, 3.05) is 7.11 Å². The van der Waals surface area contributed by atoms with Gasteiger partial charge in [-0.05, 0) is 52.7 Å². The Balaban J connectivity index is 2.08. The lowest BCUT2D eigenvalue weighted by Crippen LogP contribution is -2.18. The maximum atomic E-state index is 9.84. The monoisotopic (exact) mass is 369 g/mol. The summed E-state index contributed by atoms with van der Waals surface area (Å²) >= 11 is 9.58. The minimum Gasteiger partial charge on any atom is -0.508 e. The van der Waals surface area contributed by atoms with Crippen molar-refractivity contribution in [3.8, 4) is 11.5 Å². The summed E-state index contributed by atoms with van der Waals surface area (Å²) in [6.07, 6.45) is 0. The van der Waals surface area contributed by atoms with Crippen LogP contribution in [0.25, 0.3) is 0 Å². The first kappa shape index (κ1) is 16.1. The van der Waals surface area contributed by atoms with Gasteiger partial charge in [0.2, 0.25) is 0 Å². The quantitative estimate of drug-likeness (QED) is 0.804. The first-order valence-electron chi connectivity index (χ1n) is 6.56. The lowest BCUT2D eigenvalue weighted by molar-refractivity contribution is 0.411. The van der Waals surface area contributed by atoms with Gasteiger partial charge in [-0.1, -0.05) is 23.7 Å². The van der Waals surface area contributed by atoms with Crippen LogP contribution in [0, 0.1) is 0 Å². The molecule has 0 aliphatic rings. The Morgan fingerprint density at radius 1 is 1.33 bits per heavy atom. The summed E-state index contributed by atoms with van der Waals surface area (Å²) in [5, 5.41) is 13.8. The highest BCUT2D eigenvalue weighted by Crippen LogP contribution is 2.29. The third kappa shape index (κ3) is 3.90. The number of methoxy groups -OCH3 is 1. The van der Waals surface area contributed by atoms with Crippen LogP contribution in [-0.2, 0) is 6.54 Å². The van der Waals surface area contributed by atoms with Crippen LogP contribution in [0.2, 0.25) is 5.02 Å². The van der Waals surface area contributed by atoms with Gasteiger partial charge in [0.05, 0.1) is 11.6 Å². The van der Waals surface area contributed by atoms with Crippen molar-refractivity contribution in [1.29, 1.82) is 0 Å². The highest BCUT2D eigenvalue weighted by molar-refractivity contribution is 9.10. The number of rotatable bonds is 5. The van der Waals surface area contributed by atoms with Crippen LogP contribution in [0.3, 0.4) is 0 Å². The Bertz CT molecular complexity index is 613. The van der Waals surface area contributed by atoms with Crippen molar-refractivity contribution in [2.45, 2.75) is 19.5 Å². The van der Waals surface area contributed by atoms with Gasteiger partial charge in [0.15, 0.2) is 0 Å². The molecule has 0 bridgehead atoms. The van der Waals surface area contributed by atoms with E-state index in [1.165, 1.54) is 0 Å². The Morgan fingerprint density at radius 2 is 2.10 bits per heavy atom. The maximum Gasteiger partial charge on any atom is 0.133 e. The summed E-state index contributed by atoms with van der Waals surface area (Å²) in [6.45, 7) is 2.55. The van der Waals surface area contributed by atoms with Crippen LogP contribution in [0.4, 0.5) is 0 Å². The molecule has 2 rings (SSSR count). The number of ether oxygens (including phenoxy) is 1. The minimum atomic E-state index is 0.114. The second-order valence-electron chi connectivity index (χ2n) is 4.73. The minimum absolute atomic E-state index is 0.114. The van der Waals surface area contributed by atoms with Crippen LogP contribution < -0.4 is 10.1 Å². The number of nitrogens with one attached hydrogen (secondary N) is 1. The molecule has 0 aromatic heterocycles. The molecule has 0 aliphatic heterocycles. The fraction of sp³-hybridized carbons (Fsp3) is 0.250. The summed E-state index contributed by atoms with van der Waals surface area (Å²) in [5.41, 5.74) is 1.83. The first-order valence-corrected chi connectivity index (χ1v) is 7.73. The number of phenolic OH excluding ortho intramolecular Hbond substituents is 1. The zero-order valence-corrected chi connectivity index (χ0v) is 14.2. The van der Waals surface area contributed by atoms with E-state index >= 15 is 0 Å². The Morgan fingerprint density at radius 3 is 2.71 bits per heavy atom. The van der Waals surface area contributed by atoms with E-state index in [1.54, 1.807) is 25.3 Å². The van der Waals surface area contributed by atoms with Gasteiger partial charge in [-0.3, -0.25) is 0 Å². The van der Waals surface area contributed by atoms with Gasteiger partial charge in [-0.15, -0.1) is 0 Å². The highest BCUT2D eigenvalue weighted by atomic mass is 79.9. The van der Waals surface area contributed by atoms with Gasteiger partial charge in [0.1, 0.15) is 11.5 Å². The highest BCUT2D eigenvalue weighted by Gasteiger charge is 2.11. The normalized spacial score (nSPS) is 12.2. The molecule has 0 aliphatic carbocycles. The van der Waals surface area contributed by atoms with Crippen LogP contribution in [0.15, 0.2) is 40.9 Å². The number of hydrogen-bond donors (Lipinski definition) is 2. The van der Waals surface area contributed by atoms with Gasteiger partial charge in [0.25, 0.3) is 0 Å². The molecule has 2 aromatic rings. The number of halogens is 2. The molecule has 112 valence electrons. The van der Waals surface area contributed by atoms with E-state index < -0.39 is 0 Å². The fourth-order valence-corrected chi connectivity index (χ4v) is 2.84. The molecule has 0 amide bonds. The van der Waals surface area contributed by atoms with E-state index in [-0.39, 0.29) is 11.8 Å². The number of benzene rings is 2. The third-order valence-electron chi connectivity index (χ3n) is 3.36. The van der Waals surface area contributed by atoms with Crippen LogP contribution in [-0.4, -0.2) is 12.2 Å². The molecule has 0 saturated heterocycles. The molecule has 0 saturated carbocycles. The fourth-order valence-electron chi connectivity index (χ4n) is 2.05.